The lowest BCUT2D eigenvalue weighted by atomic mass is 10.1. The van der Waals surface area contributed by atoms with Gasteiger partial charge >= 0.3 is 0 Å². The van der Waals surface area contributed by atoms with E-state index in [1.165, 1.54) is 4.88 Å². The van der Waals surface area contributed by atoms with E-state index < -0.39 is 0 Å². The maximum atomic E-state index is 12.8. The molecule has 106 valence electrons. The second-order valence-electron chi connectivity index (χ2n) is 5.43. The van der Waals surface area contributed by atoms with E-state index in [9.17, 15) is 4.79 Å². The smallest absolute Gasteiger partial charge is 0.255 e. The van der Waals surface area contributed by atoms with Gasteiger partial charge in [0.15, 0.2) is 0 Å². The Morgan fingerprint density at radius 3 is 2.85 bits per heavy atom. The minimum Gasteiger partial charge on any atom is -0.331 e. The SMILES string of the molecule is Cc1cc(C(=O)N2CCC[C@H]2c2cnn(C)c2)c(C)s1. The second-order valence-corrected chi connectivity index (χ2v) is 6.89. The summed E-state index contributed by atoms with van der Waals surface area (Å²) in [6.07, 6.45) is 5.98. The summed E-state index contributed by atoms with van der Waals surface area (Å²) in [4.78, 5) is 17.1. The molecule has 1 saturated heterocycles. The predicted octanol–water partition coefficient (Wildman–Crippen LogP) is 3.08. The quantitative estimate of drug-likeness (QED) is 0.852. The van der Waals surface area contributed by atoms with Crippen LogP contribution in [0.25, 0.3) is 0 Å². The zero-order valence-corrected chi connectivity index (χ0v) is 12.9. The predicted molar refractivity (Wildman–Crippen MR) is 80.0 cm³/mol. The fourth-order valence-electron chi connectivity index (χ4n) is 2.97. The molecule has 4 nitrogen and oxygen atoms in total. The van der Waals surface area contributed by atoms with Crippen LogP contribution in [0.1, 0.15) is 44.6 Å². The highest BCUT2D eigenvalue weighted by Gasteiger charge is 2.32. The first kappa shape index (κ1) is 13.4. The van der Waals surface area contributed by atoms with Crippen molar-refractivity contribution in [2.45, 2.75) is 32.7 Å². The van der Waals surface area contributed by atoms with Crippen LogP contribution in [-0.2, 0) is 7.05 Å². The molecule has 0 radical (unpaired) electrons. The van der Waals surface area contributed by atoms with Gasteiger partial charge in [0.1, 0.15) is 0 Å². The lowest BCUT2D eigenvalue weighted by Crippen LogP contribution is -2.30. The van der Waals surface area contributed by atoms with Crippen molar-refractivity contribution >= 4 is 17.2 Å². The molecule has 1 aliphatic rings. The van der Waals surface area contributed by atoms with Crippen molar-refractivity contribution in [1.82, 2.24) is 14.7 Å². The van der Waals surface area contributed by atoms with E-state index >= 15 is 0 Å². The zero-order valence-electron chi connectivity index (χ0n) is 12.1. The van der Waals surface area contributed by atoms with Crippen LogP contribution in [-0.4, -0.2) is 27.1 Å². The highest BCUT2D eigenvalue weighted by molar-refractivity contribution is 7.12. The number of carbonyl (C=O) groups excluding carboxylic acids is 1. The number of carbonyl (C=O) groups is 1. The second kappa shape index (κ2) is 5.05. The van der Waals surface area contributed by atoms with E-state index in [0.29, 0.717) is 0 Å². The number of rotatable bonds is 2. The van der Waals surface area contributed by atoms with Gasteiger partial charge in [0.05, 0.1) is 17.8 Å². The van der Waals surface area contributed by atoms with E-state index in [1.807, 2.05) is 37.3 Å². The first-order valence-corrected chi connectivity index (χ1v) is 7.74. The third kappa shape index (κ3) is 2.26. The van der Waals surface area contributed by atoms with Gasteiger partial charge in [-0.2, -0.15) is 5.10 Å². The molecule has 20 heavy (non-hydrogen) atoms. The van der Waals surface area contributed by atoms with Crippen LogP contribution in [0, 0.1) is 13.8 Å². The lowest BCUT2D eigenvalue weighted by molar-refractivity contribution is 0.0735. The number of hydrogen-bond donors (Lipinski definition) is 0. The van der Waals surface area contributed by atoms with Crippen molar-refractivity contribution in [2.75, 3.05) is 6.54 Å². The Labute approximate surface area is 123 Å². The summed E-state index contributed by atoms with van der Waals surface area (Å²) in [6.45, 7) is 4.92. The monoisotopic (exact) mass is 289 g/mol. The van der Waals surface area contributed by atoms with Gasteiger partial charge in [0, 0.05) is 35.1 Å². The van der Waals surface area contributed by atoms with E-state index in [4.69, 9.17) is 0 Å². The highest BCUT2D eigenvalue weighted by Crippen LogP contribution is 2.34. The number of aryl methyl sites for hydroxylation is 3. The molecule has 0 bridgehead atoms. The minimum atomic E-state index is 0.165. The number of amides is 1. The Hall–Kier alpha value is -1.62. The van der Waals surface area contributed by atoms with E-state index in [-0.39, 0.29) is 11.9 Å². The van der Waals surface area contributed by atoms with Gasteiger partial charge < -0.3 is 4.90 Å². The largest absolute Gasteiger partial charge is 0.331 e. The fourth-order valence-corrected chi connectivity index (χ4v) is 3.88. The number of nitrogens with zero attached hydrogens (tertiary/aromatic N) is 3. The van der Waals surface area contributed by atoms with Crippen LogP contribution in [0.4, 0.5) is 0 Å². The average Bonchev–Trinajstić information content (AvgIpc) is 3.08. The van der Waals surface area contributed by atoms with Gasteiger partial charge in [0.25, 0.3) is 5.91 Å². The maximum Gasteiger partial charge on any atom is 0.255 e. The number of thiophene rings is 1. The van der Waals surface area contributed by atoms with E-state index in [2.05, 4.69) is 12.0 Å². The van der Waals surface area contributed by atoms with Gasteiger partial charge in [-0.1, -0.05) is 0 Å². The van der Waals surface area contributed by atoms with Crippen LogP contribution in [0.2, 0.25) is 0 Å². The van der Waals surface area contributed by atoms with Gasteiger partial charge in [0.2, 0.25) is 0 Å². The Kier molecular flexibility index (Phi) is 3.38. The highest BCUT2D eigenvalue weighted by atomic mass is 32.1. The lowest BCUT2D eigenvalue weighted by Gasteiger charge is -2.23. The summed E-state index contributed by atoms with van der Waals surface area (Å²) in [7, 11) is 1.91. The molecular formula is C15H19N3OS. The Balaban J connectivity index is 1.89. The van der Waals surface area contributed by atoms with Crippen molar-refractivity contribution in [2.24, 2.45) is 7.05 Å². The van der Waals surface area contributed by atoms with Gasteiger partial charge in [-0.3, -0.25) is 9.48 Å². The Morgan fingerprint density at radius 2 is 2.25 bits per heavy atom. The summed E-state index contributed by atoms with van der Waals surface area (Å²) < 4.78 is 1.80. The van der Waals surface area contributed by atoms with Gasteiger partial charge in [-0.15, -0.1) is 11.3 Å². The number of likely N-dealkylation sites (tertiary alicyclic amines) is 1. The van der Waals surface area contributed by atoms with Crippen molar-refractivity contribution in [3.05, 3.63) is 39.3 Å². The molecule has 1 atom stereocenters. The maximum absolute atomic E-state index is 12.8. The Bertz CT molecular complexity index is 643. The molecular weight excluding hydrogens is 270 g/mol. The molecule has 2 aromatic heterocycles. The average molecular weight is 289 g/mol. The van der Waals surface area contributed by atoms with Crippen LogP contribution >= 0.6 is 11.3 Å². The van der Waals surface area contributed by atoms with Crippen molar-refractivity contribution < 1.29 is 4.79 Å². The van der Waals surface area contributed by atoms with Gasteiger partial charge in [-0.25, -0.2) is 0 Å². The number of aromatic nitrogens is 2. The van der Waals surface area contributed by atoms with E-state index in [0.717, 1.165) is 35.4 Å². The molecule has 0 unspecified atom stereocenters. The van der Waals surface area contributed by atoms with Crippen LogP contribution in [0.5, 0.6) is 0 Å². The zero-order chi connectivity index (χ0) is 14.3. The molecule has 5 heteroatoms. The summed E-state index contributed by atoms with van der Waals surface area (Å²) in [5.74, 6) is 0.165. The van der Waals surface area contributed by atoms with Crippen LogP contribution in [0.15, 0.2) is 18.5 Å². The van der Waals surface area contributed by atoms with Crippen molar-refractivity contribution in [3.8, 4) is 0 Å². The molecule has 1 fully saturated rings. The van der Waals surface area contributed by atoms with Crippen LogP contribution in [0.3, 0.4) is 0 Å². The molecule has 0 spiro atoms. The van der Waals surface area contributed by atoms with Crippen molar-refractivity contribution in [3.63, 3.8) is 0 Å². The molecule has 0 saturated carbocycles. The summed E-state index contributed by atoms with van der Waals surface area (Å²) in [5.41, 5.74) is 2.01. The molecule has 1 aliphatic heterocycles. The summed E-state index contributed by atoms with van der Waals surface area (Å²) in [6, 6.07) is 2.19. The molecule has 0 aromatic carbocycles. The van der Waals surface area contributed by atoms with Crippen molar-refractivity contribution in [1.29, 1.82) is 0 Å². The molecule has 0 aliphatic carbocycles. The third-order valence-electron chi connectivity index (χ3n) is 3.89. The van der Waals surface area contributed by atoms with Crippen LogP contribution < -0.4 is 0 Å². The van der Waals surface area contributed by atoms with Gasteiger partial charge in [-0.05, 0) is 32.8 Å². The molecule has 2 aromatic rings. The molecule has 3 heterocycles. The fraction of sp³-hybridized carbons (Fsp3) is 0.467. The minimum absolute atomic E-state index is 0.165. The standard InChI is InChI=1S/C15H19N3OS/c1-10-7-13(11(2)20-10)15(19)18-6-4-5-14(18)12-8-16-17(3)9-12/h7-9,14H,4-6H2,1-3H3/t14-/m0/s1. The first-order valence-electron chi connectivity index (χ1n) is 6.93. The summed E-state index contributed by atoms with van der Waals surface area (Å²) >= 11 is 1.69. The molecule has 3 rings (SSSR count). The first-order chi connectivity index (χ1) is 9.56. The Morgan fingerprint density at radius 1 is 1.45 bits per heavy atom. The molecule has 1 amide bonds. The van der Waals surface area contributed by atoms with E-state index in [1.54, 1.807) is 16.0 Å². The normalized spacial score (nSPS) is 18.8. The number of hydrogen-bond acceptors (Lipinski definition) is 3. The topological polar surface area (TPSA) is 38.1 Å². The molecule has 0 N–H and O–H groups in total. The third-order valence-corrected chi connectivity index (χ3v) is 4.86. The summed E-state index contributed by atoms with van der Waals surface area (Å²) in [5, 5.41) is 4.23.